The van der Waals surface area contributed by atoms with Crippen molar-refractivity contribution < 1.29 is 23.8 Å². The Morgan fingerprint density at radius 3 is 2.09 bits per heavy atom. The number of hydrogen-bond acceptors (Lipinski definition) is 6. The number of thiocarbonyl (C=S) groups is 1. The predicted molar refractivity (Wildman–Crippen MR) is 131 cm³/mol. The van der Waals surface area contributed by atoms with Gasteiger partial charge in [-0.15, -0.1) is 0 Å². The zero-order chi connectivity index (χ0) is 23.6. The van der Waals surface area contributed by atoms with Gasteiger partial charge in [0, 0.05) is 17.3 Å². The van der Waals surface area contributed by atoms with E-state index in [2.05, 4.69) is 10.6 Å². The molecular weight excluding hydrogens is 440 g/mol. The quantitative estimate of drug-likeness (QED) is 0.410. The van der Waals surface area contributed by atoms with Crippen molar-refractivity contribution in [2.75, 3.05) is 18.5 Å². The zero-order valence-electron chi connectivity index (χ0n) is 19.0. The van der Waals surface area contributed by atoms with Crippen LogP contribution in [0.4, 0.5) is 5.69 Å². The molecule has 3 rings (SSSR count). The van der Waals surface area contributed by atoms with Crippen LogP contribution in [-0.4, -0.2) is 36.3 Å². The van der Waals surface area contributed by atoms with Gasteiger partial charge in [-0.1, -0.05) is 6.42 Å². The van der Waals surface area contributed by atoms with Crippen molar-refractivity contribution in [1.29, 1.82) is 0 Å². The largest absolute Gasteiger partial charge is 0.494 e. The molecule has 0 heterocycles. The van der Waals surface area contributed by atoms with Crippen LogP contribution in [0.1, 0.15) is 66.7 Å². The van der Waals surface area contributed by atoms with E-state index in [1.165, 1.54) is 6.42 Å². The SMILES string of the molecule is CCOc1cc(OCC)cc(C(=O)NC(=S)Nc2ccc(C(=O)OC3CCCCC3)cc2)c1. The van der Waals surface area contributed by atoms with E-state index >= 15 is 0 Å². The van der Waals surface area contributed by atoms with Gasteiger partial charge < -0.3 is 19.5 Å². The van der Waals surface area contributed by atoms with Crippen LogP contribution < -0.4 is 20.1 Å². The van der Waals surface area contributed by atoms with Gasteiger partial charge >= 0.3 is 5.97 Å². The van der Waals surface area contributed by atoms with Crippen molar-refractivity contribution in [2.45, 2.75) is 52.1 Å². The van der Waals surface area contributed by atoms with Crippen molar-refractivity contribution >= 4 is 34.9 Å². The highest BCUT2D eigenvalue weighted by atomic mass is 32.1. The minimum atomic E-state index is -0.386. The van der Waals surface area contributed by atoms with E-state index < -0.39 is 0 Å². The van der Waals surface area contributed by atoms with Crippen LogP contribution in [0, 0.1) is 0 Å². The number of esters is 1. The van der Waals surface area contributed by atoms with E-state index in [4.69, 9.17) is 26.4 Å². The molecule has 0 aromatic heterocycles. The Morgan fingerprint density at radius 2 is 1.52 bits per heavy atom. The fourth-order valence-electron chi connectivity index (χ4n) is 3.63. The van der Waals surface area contributed by atoms with Gasteiger partial charge in [0.15, 0.2) is 5.11 Å². The minimum Gasteiger partial charge on any atom is -0.494 e. The molecule has 0 spiro atoms. The lowest BCUT2D eigenvalue weighted by Crippen LogP contribution is -2.34. The molecule has 7 nitrogen and oxygen atoms in total. The zero-order valence-corrected chi connectivity index (χ0v) is 19.8. The van der Waals surface area contributed by atoms with Crippen LogP contribution in [0.3, 0.4) is 0 Å². The van der Waals surface area contributed by atoms with Crippen molar-refractivity contribution in [3.8, 4) is 11.5 Å². The molecule has 1 saturated carbocycles. The third-order valence-electron chi connectivity index (χ3n) is 5.20. The normalized spacial score (nSPS) is 13.6. The molecule has 1 aliphatic rings. The molecule has 33 heavy (non-hydrogen) atoms. The van der Waals surface area contributed by atoms with Crippen molar-refractivity contribution in [3.63, 3.8) is 0 Å². The lowest BCUT2D eigenvalue weighted by Gasteiger charge is -2.21. The van der Waals surface area contributed by atoms with Gasteiger partial charge in [0.05, 0.1) is 18.8 Å². The first kappa shape index (κ1) is 24.5. The van der Waals surface area contributed by atoms with Gasteiger partial charge in [0.2, 0.25) is 0 Å². The van der Waals surface area contributed by atoms with E-state index in [9.17, 15) is 9.59 Å². The Balaban J connectivity index is 1.56. The Kier molecular flexibility index (Phi) is 9.06. The van der Waals surface area contributed by atoms with Crippen LogP contribution in [0.5, 0.6) is 11.5 Å². The highest BCUT2D eigenvalue weighted by Crippen LogP contribution is 2.24. The number of hydrogen-bond donors (Lipinski definition) is 2. The second-order valence-corrected chi connectivity index (χ2v) is 8.12. The highest BCUT2D eigenvalue weighted by Gasteiger charge is 2.19. The number of benzene rings is 2. The summed E-state index contributed by atoms with van der Waals surface area (Å²) in [5.41, 5.74) is 1.50. The van der Waals surface area contributed by atoms with Crippen LogP contribution in [-0.2, 0) is 4.74 Å². The average molecular weight is 471 g/mol. The maximum absolute atomic E-state index is 12.7. The molecule has 1 fully saturated rings. The van der Waals surface area contributed by atoms with Crippen LogP contribution in [0.15, 0.2) is 42.5 Å². The van der Waals surface area contributed by atoms with Crippen molar-refractivity contribution in [1.82, 2.24) is 5.32 Å². The fourth-order valence-corrected chi connectivity index (χ4v) is 3.84. The predicted octanol–water partition coefficient (Wildman–Crippen LogP) is 5.10. The first-order valence-electron chi connectivity index (χ1n) is 11.3. The number of rotatable bonds is 8. The van der Waals surface area contributed by atoms with Crippen molar-refractivity contribution in [3.05, 3.63) is 53.6 Å². The monoisotopic (exact) mass is 470 g/mol. The van der Waals surface area contributed by atoms with E-state index in [0.717, 1.165) is 25.7 Å². The number of amides is 1. The smallest absolute Gasteiger partial charge is 0.338 e. The van der Waals surface area contributed by atoms with E-state index in [1.54, 1.807) is 42.5 Å². The first-order valence-corrected chi connectivity index (χ1v) is 11.7. The summed E-state index contributed by atoms with van der Waals surface area (Å²) in [5.74, 6) is 0.387. The van der Waals surface area contributed by atoms with Gasteiger partial charge in [-0.3, -0.25) is 10.1 Å². The molecule has 2 N–H and O–H groups in total. The number of ether oxygens (including phenoxy) is 3. The molecule has 2 aromatic carbocycles. The third kappa shape index (κ3) is 7.46. The second-order valence-electron chi connectivity index (χ2n) is 7.71. The van der Waals surface area contributed by atoms with Crippen LogP contribution in [0.25, 0.3) is 0 Å². The van der Waals surface area contributed by atoms with Gasteiger partial charge in [0.1, 0.15) is 17.6 Å². The van der Waals surface area contributed by atoms with E-state index in [0.29, 0.717) is 41.5 Å². The molecule has 0 radical (unpaired) electrons. The maximum atomic E-state index is 12.7. The van der Waals surface area contributed by atoms with Gasteiger partial charge in [-0.05, 0) is 88.1 Å². The van der Waals surface area contributed by atoms with E-state index in [1.807, 2.05) is 13.8 Å². The summed E-state index contributed by atoms with van der Waals surface area (Å²) in [6.45, 7) is 4.68. The van der Waals surface area contributed by atoms with Crippen molar-refractivity contribution in [2.24, 2.45) is 0 Å². The number of carbonyl (C=O) groups excluding carboxylic acids is 2. The lowest BCUT2D eigenvalue weighted by molar-refractivity contribution is 0.0211. The summed E-state index contributed by atoms with van der Waals surface area (Å²) in [6.07, 6.45) is 5.28. The second kappa shape index (κ2) is 12.2. The number of carbonyl (C=O) groups is 2. The molecule has 0 saturated heterocycles. The van der Waals surface area contributed by atoms with E-state index in [-0.39, 0.29) is 23.1 Å². The summed E-state index contributed by atoms with van der Waals surface area (Å²) in [6, 6.07) is 11.8. The molecule has 8 heteroatoms. The number of nitrogens with one attached hydrogen (secondary N) is 2. The Labute approximate surface area is 199 Å². The fraction of sp³-hybridized carbons (Fsp3) is 0.400. The molecule has 2 aromatic rings. The van der Waals surface area contributed by atoms with Gasteiger partial charge in [-0.25, -0.2) is 4.79 Å². The average Bonchev–Trinajstić information content (AvgIpc) is 2.80. The first-order chi connectivity index (χ1) is 16.0. The molecule has 0 bridgehead atoms. The Hall–Kier alpha value is -3.13. The molecule has 0 atom stereocenters. The summed E-state index contributed by atoms with van der Waals surface area (Å²) in [5, 5.41) is 5.74. The summed E-state index contributed by atoms with van der Waals surface area (Å²) < 4.78 is 16.6. The molecular formula is C25H30N2O5S. The standard InChI is InChI=1S/C25H30N2O5S/c1-3-30-21-14-18(15-22(16-21)31-4-2)23(28)27-25(33)26-19-12-10-17(11-13-19)24(29)32-20-8-6-5-7-9-20/h10-16,20H,3-9H2,1-2H3,(H2,26,27,28,33). The number of anilines is 1. The maximum Gasteiger partial charge on any atom is 0.338 e. The van der Waals surface area contributed by atoms with Crippen LogP contribution in [0.2, 0.25) is 0 Å². The topological polar surface area (TPSA) is 85.9 Å². The third-order valence-corrected chi connectivity index (χ3v) is 5.40. The molecule has 0 unspecified atom stereocenters. The Morgan fingerprint density at radius 1 is 0.909 bits per heavy atom. The lowest BCUT2D eigenvalue weighted by atomic mass is 9.98. The highest BCUT2D eigenvalue weighted by molar-refractivity contribution is 7.80. The van der Waals surface area contributed by atoms with Gasteiger partial charge in [-0.2, -0.15) is 0 Å². The molecule has 176 valence electrons. The summed E-state index contributed by atoms with van der Waals surface area (Å²) in [7, 11) is 0. The Bertz CT molecular complexity index is 947. The summed E-state index contributed by atoms with van der Waals surface area (Å²) >= 11 is 5.28. The minimum absolute atomic E-state index is 0.0105. The molecule has 1 aliphatic carbocycles. The van der Waals surface area contributed by atoms with Crippen LogP contribution >= 0.6 is 12.2 Å². The molecule has 1 amide bonds. The summed E-state index contributed by atoms with van der Waals surface area (Å²) in [4.78, 5) is 25.0. The van der Waals surface area contributed by atoms with Gasteiger partial charge in [0.25, 0.3) is 5.91 Å². The molecule has 0 aliphatic heterocycles.